The molecule has 262 valence electrons. The van der Waals surface area contributed by atoms with Crippen molar-refractivity contribution in [3.8, 4) is 0 Å². The van der Waals surface area contributed by atoms with Crippen molar-refractivity contribution < 1.29 is 34.4 Å². The number of aliphatic hydroxyl groups excluding tert-OH is 2. The number of fused-ring (bicyclic) bond motifs is 7. The molecule has 5 fully saturated rings. The zero-order chi connectivity index (χ0) is 34.5. The zero-order valence-corrected chi connectivity index (χ0v) is 30.3. The van der Waals surface area contributed by atoms with E-state index in [1.165, 1.54) is 11.1 Å². The summed E-state index contributed by atoms with van der Waals surface area (Å²) in [6.07, 6.45) is 11.1. The maximum absolute atomic E-state index is 13.9. The summed E-state index contributed by atoms with van der Waals surface area (Å²) in [4.78, 5) is 27.4. The quantitative estimate of drug-likeness (QED) is 0.163. The number of hydrogen-bond acceptors (Lipinski definition) is 6. The molecule has 4 saturated carbocycles. The highest BCUT2D eigenvalue weighted by Crippen LogP contribution is 2.76. The number of ether oxygens (including phenoxy) is 2. The van der Waals surface area contributed by atoms with Crippen LogP contribution < -0.4 is 0 Å². The maximum atomic E-state index is 13.9. The Kier molecular flexibility index (Phi) is 8.37. The number of rotatable bonds is 4. The second-order valence-electron chi connectivity index (χ2n) is 18.4. The Morgan fingerprint density at radius 3 is 2.30 bits per heavy atom. The Hall–Kier alpha value is -1.96. The lowest BCUT2D eigenvalue weighted by atomic mass is 9.33. The molecule has 7 nitrogen and oxygen atoms in total. The predicted molar refractivity (Wildman–Crippen MR) is 181 cm³/mol. The summed E-state index contributed by atoms with van der Waals surface area (Å²) in [5.74, 6) is -1.23. The molecule has 3 N–H and O–H groups in total. The average Bonchev–Trinajstić information content (AvgIpc) is 3.42. The lowest BCUT2D eigenvalue weighted by Crippen LogP contribution is -2.68. The van der Waals surface area contributed by atoms with Crippen LogP contribution in [0.5, 0.6) is 0 Å². The molecule has 11 atom stereocenters. The van der Waals surface area contributed by atoms with Gasteiger partial charge in [-0.15, -0.1) is 0 Å². The van der Waals surface area contributed by atoms with Gasteiger partial charge in [0, 0.05) is 6.42 Å². The van der Waals surface area contributed by atoms with Crippen LogP contribution in [0.1, 0.15) is 120 Å². The van der Waals surface area contributed by atoms with Crippen LogP contribution in [0.15, 0.2) is 35.1 Å². The van der Waals surface area contributed by atoms with Gasteiger partial charge >= 0.3 is 11.9 Å². The molecule has 0 radical (unpaired) electrons. The predicted octanol–water partition coefficient (Wildman–Crippen LogP) is 7.61. The minimum absolute atomic E-state index is 0.0510. The first-order chi connectivity index (χ1) is 21.8. The molecule has 1 aliphatic heterocycles. The normalized spacial score (nSPS) is 48.0. The van der Waals surface area contributed by atoms with Crippen LogP contribution in [0, 0.1) is 56.2 Å². The first-order valence-corrected chi connectivity index (χ1v) is 18.2. The Balaban J connectivity index is 1.33. The summed E-state index contributed by atoms with van der Waals surface area (Å²) in [6.45, 7) is 20.1. The van der Waals surface area contributed by atoms with Crippen molar-refractivity contribution in [3.05, 3.63) is 35.1 Å². The molecule has 0 bridgehead atoms. The number of carboxylic acid groups (broad SMARTS) is 1. The Labute approximate surface area is 282 Å². The van der Waals surface area contributed by atoms with Gasteiger partial charge in [-0.1, -0.05) is 66.2 Å². The van der Waals surface area contributed by atoms with E-state index in [2.05, 4.69) is 60.6 Å². The van der Waals surface area contributed by atoms with E-state index in [1.54, 1.807) is 6.92 Å². The molecule has 0 amide bonds. The van der Waals surface area contributed by atoms with E-state index in [9.17, 15) is 24.9 Å². The first-order valence-electron chi connectivity index (χ1n) is 18.2. The molecule has 0 spiro atoms. The number of carboxylic acids is 1. The molecule has 11 unspecified atom stereocenters. The lowest BCUT2D eigenvalue weighted by Gasteiger charge is -2.71. The van der Waals surface area contributed by atoms with Crippen LogP contribution in [0.2, 0.25) is 0 Å². The summed E-state index contributed by atoms with van der Waals surface area (Å²) >= 11 is 0. The van der Waals surface area contributed by atoms with E-state index in [-0.39, 0.29) is 46.2 Å². The van der Waals surface area contributed by atoms with E-state index < -0.39 is 34.8 Å². The Bertz CT molecular complexity index is 1400. The molecular formula is C40H60O7. The highest BCUT2D eigenvalue weighted by atomic mass is 16.5. The third kappa shape index (κ3) is 4.90. The molecule has 5 aliphatic carbocycles. The van der Waals surface area contributed by atoms with Crippen molar-refractivity contribution in [2.75, 3.05) is 6.61 Å². The van der Waals surface area contributed by atoms with E-state index in [0.29, 0.717) is 37.0 Å². The largest absolute Gasteiger partial charge is 0.481 e. The Morgan fingerprint density at radius 2 is 1.66 bits per heavy atom. The summed E-state index contributed by atoms with van der Waals surface area (Å²) < 4.78 is 11.7. The summed E-state index contributed by atoms with van der Waals surface area (Å²) in [6, 6.07) is 0. The molecule has 6 rings (SSSR count). The van der Waals surface area contributed by atoms with Crippen molar-refractivity contribution in [1.82, 2.24) is 0 Å². The summed E-state index contributed by atoms with van der Waals surface area (Å²) in [7, 11) is 0. The summed E-state index contributed by atoms with van der Waals surface area (Å²) in [5.41, 5.74) is -0.189. The number of esters is 1. The summed E-state index contributed by atoms with van der Waals surface area (Å²) in [5, 5.41) is 34.3. The molecule has 0 aromatic carbocycles. The first kappa shape index (κ1) is 34.9. The van der Waals surface area contributed by atoms with Gasteiger partial charge in [-0.3, -0.25) is 9.59 Å². The number of carbonyl (C=O) groups excluding carboxylic acids is 1. The van der Waals surface area contributed by atoms with Crippen molar-refractivity contribution in [3.63, 3.8) is 0 Å². The Morgan fingerprint density at radius 1 is 0.957 bits per heavy atom. The minimum atomic E-state index is -1.46. The smallest absolute Gasteiger partial charge is 0.314 e. The topological polar surface area (TPSA) is 113 Å². The number of aliphatic hydroxyl groups is 2. The van der Waals surface area contributed by atoms with Gasteiger partial charge < -0.3 is 24.8 Å². The van der Waals surface area contributed by atoms with Gasteiger partial charge in [-0.25, -0.2) is 0 Å². The molecular weight excluding hydrogens is 592 g/mol. The molecule has 1 heterocycles. The van der Waals surface area contributed by atoms with E-state index >= 15 is 0 Å². The molecule has 47 heavy (non-hydrogen) atoms. The molecule has 6 aliphatic rings. The SMILES string of the molecule is CC=C1COC(C=C(C)OC(=O)C2CC3(C(=O)O)C(O)CC4(C)C(=CCC5C6(C)CCC(O)C(C)(C)C6CCC54C)C3CC2(C)C)C1. The van der Waals surface area contributed by atoms with E-state index in [1.807, 2.05) is 13.0 Å². The maximum Gasteiger partial charge on any atom is 0.314 e. The third-order valence-corrected chi connectivity index (χ3v) is 15.6. The fourth-order valence-corrected chi connectivity index (χ4v) is 12.5. The highest BCUT2D eigenvalue weighted by molar-refractivity contribution is 5.81. The molecule has 0 aromatic heterocycles. The van der Waals surface area contributed by atoms with Gasteiger partial charge in [0.25, 0.3) is 0 Å². The monoisotopic (exact) mass is 652 g/mol. The molecule has 7 heteroatoms. The van der Waals surface area contributed by atoms with Crippen LogP contribution in [0.4, 0.5) is 0 Å². The third-order valence-electron chi connectivity index (χ3n) is 15.6. The van der Waals surface area contributed by atoms with Gasteiger partial charge in [0.05, 0.1) is 30.8 Å². The van der Waals surface area contributed by atoms with Crippen molar-refractivity contribution in [1.29, 1.82) is 0 Å². The van der Waals surface area contributed by atoms with Gasteiger partial charge in [-0.05, 0) is 122 Å². The van der Waals surface area contributed by atoms with Crippen LogP contribution in [0.25, 0.3) is 0 Å². The van der Waals surface area contributed by atoms with Crippen molar-refractivity contribution >= 4 is 11.9 Å². The van der Waals surface area contributed by atoms with Gasteiger partial charge in [0.1, 0.15) is 11.2 Å². The van der Waals surface area contributed by atoms with Crippen LogP contribution in [-0.4, -0.2) is 52.2 Å². The molecule has 0 aromatic rings. The lowest BCUT2D eigenvalue weighted by molar-refractivity contribution is -0.222. The van der Waals surface area contributed by atoms with Crippen molar-refractivity contribution in [2.24, 2.45) is 56.2 Å². The second-order valence-corrected chi connectivity index (χ2v) is 18.4. The van der Waals surface area contributed by atoms with Crippen LogP contribution in [0.3, 0.4) is 0 Å². The van der Waals surface area contributed by atoms with E-state index in [0.717, 1.165) is 38.5 Å². The van der Waals surface area contributed by atoms with E-state index in [4.69, 9.17) is 9.47 Å². The standard InChI is InChI=1S/C40H60O7/c1-10-24-18-25(46-22-24)17-23(2)47-33(43)28-20-40(34(44)45)27(19-35(28,3)4)26-11-12-30-37(7)15-14-31(41)36(5,6)29(37)13-16-38(30,8)39(26,9)21-32(40)42/h10-11,17,25,27-32,41-42H,12-16,18-22H2,1-9H3,(H,44,45). The van der Waals surface area contributed by atoms with Gasteiger partial charge in [0.2, 0.25) is 0 Å². The van der Waals surface area contributed by atoms with Crippen LogP contribution in [-0.2, 0) is 19.1 Å². The number of allylic oxidation sites excluding steroid dienone is 4. The molecule has 1 saturated heterocycles. The van der Waals surface area contributed by atoms with Gasteiger partial charge in [0.15, 0.2) is 0 Å². The minimum Gasteiger partial charge on any atom is -0.481 e. The second kappa shape index (κ2) is 11.3. The highest BCUT2D eigenvalue weighted by Gasteiger charge is 2.72. The zero-order valence-electron chi connectivity index (χ0n) is 30.3. The number of hydrogen-bond donors (Lipinski definition) is 3. The average molecular weight is 653 g/mol. The van der Waals surface area contributed by atoms with Gasteiger partial charge in [-0.2, -0.15) is 0 Å². The van der Waals surface area contributed by atoms with Crippen molar-refractivity contribution in [2.45, 2.75) is 138 Å². The fraction of sp³-hybridized carbons (Fsp3) is 0.800. The fourth-order valence-electron chi connectivity index (χ4n) is 12.5. The number of aliphatic carboxylic acids is 1. The van der Waals surface area contributed by atoms with Crippen LogP contribution >= 0.6 is 0 Å². The number of carbonyl (C=O) groups is 2.